The van der Waals surface area contributed by atoms with Gasteiger partial charge in [0.1, 0.15) is 0 Å². The number of hydrogen-bond donors (Lipinski definition) is 1. The fraction of sp³-hybridized carbons (Fsp3) is 0.238. The van der Waals surface area contributed by atoms with Crippen LogP contribution in [0.5, 0.6) is 0 Å². The van der Waals surface area contributed by atoms with Crippen LogP contribution in [-0.2, 0) is 4.74 Å². The molecule has 4 rings (SSSR count). The van der Waals surface area contributed by atoms with Crippen LogP contribution in [-0.4, -0.2) is 34.9 Å². The minimum Gasteiger partial charge on any atom is -0.376 e. The van der Waals surface area contributed by atoms with Gasteiger partial charge in [0.05, 0.1) is 29.2 Å². The lowest BCUT2D eigenvalue weighted by atomic mass is 10.1. The first-order valence-electron chi connectivity index (χ1n) is 9.01. The quantitative estimate of drug-likeness (QED) is 0.723. The SMILES string of the molecule is O=C(NCC1CCCO1)c1cnn(-c2cccc(Cl)c2)c1-c1ccccc1. The summed E-state index contributed by atoms with van der Waals surface area (Å²) in [6.07, 6.45) is 3.72. The highest BCUT2D eigenvalue weighted by molar-refractivity contribution is 6.30. The topological polar surface area (TPSA) is 56.1 Å². The van der Waals surface area contributed by atoms with Crippen LogP contribution in [0.15, 0.2) is 60.8 Å². The Bertz CT molecular complexity index is 934. The zero-order valence-corrected chi connectivity index (χ0v) is 15.5. The Morgan fingerprint density at radius 1 is 1.22 bits per heavy atom. The third-order valence-electron chi connectivity index (χ3n) is 4.63. The molecular formula is C21H20ClN3O2. The highest BCUT2D eigenvalue weighted by Gasteiger charge is 2.22. The van der Waals surface area contributed by atoms with Gasteiger partial charge >= 0.3 is 0 Å². The molecule has 6 heteroatoms. The van der Waals surface area contributed by atoms with Crippen LogP contribution in [0.1, 0.15) is 23.2 Å². The van der Waals surface area contributed by atoms with Gasteiger partial charge in [0.25, 0.3) is 5.91 Å². The van der Waals surface area contributed by atoms with Gasteiger partial charge in [-0.3, -0.25) is 4.79 Å². The molecule has 1 aliphatic heterocycles. The Kier molecular flexibility index (Phi) is 5.23. The van der Waals surface area contributed by atoms with E-state index in [1.807, 2.05) is 54.6 Å². The van der Waals surface area contributed by atoms with Crippen LogP contribution in [0.4, 0.5) is 0 Å². The van der Waals surface area contributed by atoms with Crippen LogP contribution in [0.3, 0.4) is 0 Å². The number of amides is 1. The number of aromatic nitrogens is 2. The maximum Gasteiger partial charge on any atom is 0.255 e. The molecule has 1 atom stereocenters. The number of carbonyl (C=O) groups excluding carboxylic acids is 1. The predicted octanol–water partition coefficient (Wildman–Crippen LogP) is 4.10. The molecule has 5 nitrogen and oxygen atoms in total. The maximum absolute atomic E-state index is 12.9. The van der Waals surface area contributed by atoms with Gasteiger partial charge in [-0.25, -0.2) is 4.68 Å². The minimum absolute atomic E-state index is 0.0945. The monoisotopic (exact) mass is 381 g/mol. The van der Waals surface area contributed by atoms with Crippen LogP contribution in [0.2, 0.25) is 5.02 Å². The molecular weight excluding hydrogens is 362 g/mol. The first-order chi connectivity index (χ1) is 13.2. The molecule has 0 saturated carbocycles. The maximum atomic E-state index is 12.9. The molecule has 3 aromatic rings. The van der Waals surface area contributed by atoms with E-state index in [4.69, 9.17) is 16.3 Å². The number of halogens is 1. The number of nitrogens with zero attached hydrogens (tertiary/aromatic N) is 2. The van der Waals surface area contributed by atoms with E-state index in [9.17, 15) is 4.79 Å². The Hall–Kier alpha value is -2.63. The molecule has 1 aromatic heterocycles. The third-order valence-corrected chi connectivity index (χ3v) is 4.86. The molecule has 1 fully saturated rings. The lowest BCUT2D eigenvalue weighted by molar-refractivity contribution is 0.0858. The molecule has 2 aromatic carbocycles. The van der Waals surface area contributed by atoms with Crippen molar-refractivity contribution in [2.75, 3.05) is 13.2 Å². The van der Waals surface area contributed by atoms with Crippen molar-refractivity contribution < 1.29 is 9.53 Å². The Morgan fingerprint density at radius 2 is 2.07 bits per heavy atom. The molecule has 0 bridgehead atoms. The van der Waals surface area contributed by atoms with E-state index in [-0.39, 0.29) is 12.0 Å². The summed E-state index contributed by atoms with van der Waals surface area (Å²) in [5, 5.41) is 8.07. The van der Waals surface area contributed by atoms with Crippen molar-refractivity contribution in [3.63, 3.8) is 0 Å². The van der Waals surface area contributed by atoms with E-state index in [0.717, 1.165) is 36.4 Å². The van der Waals surface area contributed by atoms with E-state index in [0.29, 0.717) is 17.1 Å². The molecule has 1 N–H and O–H groups in total. The Balaban J connectivity index is 1.70. The van der Waals surface area contributed by atoms with Crippen molar-refractivity contribution in [1.82, 2.24) is 15.1 Å². The van der Waals surface area contributed by atoms with Crippen molar-refractivity contribution in [2.24, 2.45) is 0 Å². The highest BCUT2D eigenvalue weighted by Crippen LogP contribution is 2.27. The second kappa shape index (κ2) is 7.94. The van der Waals surface area contributed by atoms with Gasteiger partial charge in [-0.15, -0.1) is 0 Å². The van der Waals surface area contributed by atoms with Crippen molar-refractivity contribution in [1.29, 1.82) is 0 Å². The zero-order valence-electron chi connectivity index (χ0n) is 14.8. The second-order valence-electron chi connectivity index (χ2n) is 6.51. The van der Waals surface area contributed by atoms with Gasteiger partial charge < -0.3 is 10.1 Å². The van der Waals surface area contributed by atoms with Crippen LogP contribution < -0.4 is 5.32 Å². The minimum atomic E-state index is -0.155. The lowest BCUT2D eigenvalue weighted by Gasteiger charge is -2.13. The largest absolute Gasteiger partial charge is 0.376 e. The summed E-state index contributed by atoms with van der Waals surface area (Å²) in [6.45, 7) is 1.28. The fourth-order valence-corrected chi connectivity index (χ4v) is 3.48. The zero-order chi connectivity index (χ0) is 18.6. The van der Waals surface area contributed by atoms with Gasteiger partial charge in [-0.05, 0) is 31.0 Å². The van der Waals surface area contributed by atoms with E-state index in [2.05, 4.69) is 10.4 Å². The molecule has 0 aliphatic carbocycles. The summed E-state index contributed by atoms with van der Waals surface area (Å²) >= 11 is 6.15. The van der Waals surface area contributed by atoms with Gasteiger partial charge in [0.2, 0.25) is 0 Å². The number of rotatable bonds is 5. The summed E-state index contributed by atoms with van der Waals surface area (Å²) in [7, 11) is 0. The first-order valence-corrected chi connectivity index (χ1v) is 9.39. The lowest BCUT2D eigenvalue weighted by Crippen LogP contribution is -2.31. The molecule has 1 amide bonds. The molecule has 2 heterocycles. The van der Waals surface area contributed by atoms with Crippen LogP contribution in [0, 0.1) is 0 Å². The van der Waals surface area contributed by atoms with E-state index in [1.54, 1.807) is 10.9 Å². The predicted molar refractivity (Wildman–Crippen MR) is 105 cm³/mol. The molecule has 1 aliphatic rings. The summed E-state index contributed by atoms with van der Waals surface area (Å²) in [5.74, 6) is -0.155. The summed E-state index contributed by atoms with van der Waals surface area (Å²) in [5.41, 5.74) is 2.98. The van der Waals surface area contributed by atoms with E-state index < -0.39 is 0 Å². The molecule has 0 radical (unpaired) electrons. The summed E-state index contributed by atoms with van der Waals surface area (Å²) in [6, 6.07) is 17.2. The molecule has 27 heavy (non-hydrogen) atoms. The van der Waals surface area contributed by atoms with Gasteiger partial charge in [0.15, 0.2) is 0 Å². The summed E-state index contributed by atoms with van der Waals surface area (Å²) < 4.78 is 7.34. The first kappa shape index (κ1) is 17.8. The standard InChI is InChI=1S/C21H20ClN3O2/c22-16-8-4-9-17(12-16)25-20(15-6-2-1-3-7-15)19(14-24-25)21(26)23-13-18-10-5-11-27-18/h1-4,6-9,12,14,18H,5,10-11,13H2,(H,23,26). The molecule has 1 saturated heterocycles. The van der Waals surface area contributed by atoms with Crippen LogP contribution >= 0.6 is 11.6 Å². The normalized spacial score (nSPS) is 16.4. The number of nitrogens with one attached hydrogen (secondary N) is 1. The van der Waals surface area contributed by atoms with Gasteiger partial charge in [0, 0.05) is 23.7 Å². The average Bonchev–Trinajstić information content (AvgIpc) is 3.36. The van der Waals surface area contributed by atoms with E-state index in [1.165, 1.54) is 0 Å². The second-order valence-corrected chi connectivity index (χ2v) is 6.95. The highest BCUT2D eigenvalue weighted by atomic mass is 35.5. The molecule has 1 unspecified atom stereocenters. The smallest absolute Gasteiger partial charge is 0.255 e. The van der Waals surface area contributed by atoms with Crippen molar-refractivity contribution >= 4 is 17.5 Å². The Morgan fingerprint density at radius 3 is 2.81 bits per heavy atom. The molecule has 138 valence electrons. The number of hydrogen-bond acceptors (Lipinski definition) is 3. The fourth-order valence-electron chi connectivity index (χ4n) is 3.30. The van der Waals surface area contributed by atoms with Crippen LogP contribution in [0.25, 0.3) is 16.9 Å². The third kappa shape index (κ3) is 3.89. The van der Waals surface area contributed by atoms with Gasteiger partial charge in [-0.1, -0.05) is 48.0 Å². The Labute approximate surface area is 162 Å². The van der Waals surface area contributed by atoms with Crippen molar-refractivity contribution in [3.05, 3.63) is 71.4 Å². The van der Waals surface area contributed by atoms with Crippen molar-refractivity contribution in [3.8, 4) is 16.9 Å². The number of benzene rings is 2. The number of carbonyl (C=O) groups is 1. The average molecular weight is 382 g/mol. The number of ether oxygens (including phenoxy) is 1. The molecule has 0 spiro atoms. The van der Waals surface area contributed by atoms with E-state index >= 15 is 0 Å². The van der Waals surface area contributed by atoms with Gasteiger partial charge in [-0.2, -0.15) is 5.10 Å². The summed E-state index contributed by atoms with van der Waals surface area (Å²) in [4.78, 5) is 12.9. The van der Waals surface area contributed by atoms with Crippen molar-refractivity contribution in [2.45, 2.75) is 18.9 Å².